The molecule has 15 heavy (non-hydrogen) atoms. The minimum atomic E-state index is -0.174. The van der Waals surface area contributed by atoms with Gasteiger partial charge < -0.3 is 15.6 Å². The molecular weight excluding hydrogens is 190 g/mol. The third-order valence-electron chi connectivity index (χ3n) is 2.13. The maximum Gasteiger partial charge on any atom is 0.119 e. The van der Waals surface area contributed by atoms with Gasteiger partial charge in [-0.1, -0.05) is 19.1 Å². The molecule has 0 heterocycles. The van der Waals surface area contributed by atoms with Crippen LogP contribution in [0.15, 0.2) is 24.3 Å². The molecule has 0 aliphatic heterocycles. The molecule has 0 fully saturated rings. The van der Waals surface area contributed by atoms with Gasteiger partial charge in [0.15, 0.2) is 0 Å². The maximum absolute atomic E-state index is 8.82. The lowest BCUT2D eigenvalue weighted by atomic mass is 10.1. The van der Waals surface area contributed by atoms with Gasteiger partial charge in [-0.05, 0) is 30.5 Å². The van der Waals surface area contributed by atoms with Gasteiger partial charge in [-0.25, -0.2) is 0 Å². The van der Waals surface area contributed by atoms with E-state index in [2.05, 4.69) is 6.92 Å². The Morgan fingerprint density at radius 2 is 2.00 bits per heavy atom. The zero-order chi connectivity index (χ0) is 11.1. The molecule has 0 radical (unpaired) electrons. The van der Waals surface area contributed by atoms with Crippen molar-refractivity contribution in [3.8, 4) is 5.75 Å². The Balaban J connectivity index is 2.48. The molecule has 3 nitrogen and oxygen atoms in total. The molecule has 0 aromatic heterocycles. The first-order valence-corrected chi connectivity index (χ1v) is 5.34. The van der Waals surface area contributed by atoms with Gasteiger partial charge in [0.25, 0.3) is 0 Å². The maximum atomic E-state index is 8.82. The average molecular weight is 209 g/mol. The fourth-order valence-corrected chi connectivity index (χ4v) is 1.31. The van der Waals surface area contributed by atoms with Crippen LogP contribution in [0.5, 0.6) is 5.75 Å². The van der Waals surface area contributed by atoms with Gasteiger partial charge in [0.05, 0.1) is 13.2 Å². The van der Waals surface area contributed by atoms with E-state index in [1.54, 1.807) is 0 Å². The molecule has 1 atom stereocenters. The van der Waals surface area contributed by atoms with Crippen molar-refractivity contribution >= 4 is 0 Å². The van der Waals surface area contributed by atoms with E-state index in [9.17, 15) is 0 Å². The summed E-state index contributed by atoms with van der Waals surface area (Å²) in [5, 5.41) is 8.82. The zero-order valence-electron chi connectivity index (χ0n) is 9.15. The molecule has 3 N–H and O–H groups in total. The molecule has 0 saturated heterocycles. The third-order valence-corrected chi connectivity index (χ3v) is 2.13. The van der Waals surface area contributed by atoms with E-state index in [0.717, 1.165) is 24.3 Å². The summed E-state index contributed by atoms with van der Waals surface area (Å²) in [5.74, 6) is 0.887. The van der Waals surface area contributed by atoms with Crippen molar-refractivity contribution in [1.82, 2.24) is 0 Å². The molecule has 0 aliphatic carbocycles. The Hall–Kier alpha value is -1.06. The van der Waals surface area contributed by atoms with Crippen LogP contribution in [0.1, 0.15) is 18.9 Å². The predicted molar refractivity (Wildman–Crippen MR) is 61.0 cm³/mol. The molecule has 84 valence electrons. The molecule has 1 unspecified atom stereocenters. The van der Waals surface area contributed by atoms with Crippen molar-refractivity contribution in [1.29, 1.82) is 0 Å². The highest BCUT2D eigenvalue weighted by Gasteiger charge is 2.02. The summed E-state index contributed by atoms with van der Waals surface area (Å²) in [5.41, 5.74) is 6.77. The number of hydrogen-bond acceptors (Lipinski definition) is 3. The van der Waals surface area contributed by atoms with E-state index >= 15 is 0 Å². The fourth-order valence-electron chi connectivity index (χ4n) is 1.31. The van der Waals surface area contributed by atoms with Gasteiger partial charge in [-0.2, -0.15) is 0 Å². The Bertz CT molecular complexity index is 271. The number of nitrogens with two attached hydrogens (primary N) is 1. The minimum Gasteiger partial charge on any atom is -0.494 e. The van der Waals surface area contributed by atoms with Crippen LogP contribution in [-0.2, 0) is 6.42 Å². The Morgan fingerprint density at radius 3 is 2.53 bits per heavy atom. The van der Waals surface area contributed by atoms with Crippen molar-refractivity contribution in [2.45, 2.75) is 25.8 Å². The largest absolute Gasteiger partial charge is 0.494 e. The lowest BCUT2D eigenvalue weighted by molar-refractivity contribution is 0.265. The lowest BCUT2D eigenvalue weighted by Crippen LogP contribution is -2.26. The summed E-state index contributed by atoms with van der Waals surface area (Å²) in [6, 6.07) is 7.68. The second-order valence-electron chi connectivity index (χ2n) is 3.64. The number of aliphatic hydroxyl groups is 1. The molecule has 0 aliphatic rings. The topological polar surface area (TPSA) is 55.5 Å². The quantitative estimate of drug-likeness (QED) is 0.743. The monoisotopic (exact) mass is 209 g/mol. The third kappa shape index (κ3) is 4.32. The van der Waals surface area contributed by atoms with Crippen LogP contribution in [0, 0.1) is 0 Å². The summed E-state index contributed by atoms with van der Waals surface area (Å²) in [6.45, 7) is 2.85. The SMILES string of the molecule is CCCOc1ccc(CC(N)CO)cc1. The zero-order valence-corrected chi connectivity index (χ0v) is 9.15. The summed E-state index contributed by atoms with van der Waals surface area (Å²) < 4.78 is 5.46. The van der Waals surface area contributed by atoms with Crippen molar-refractivity contribution in [3.05, 3.63) is 29.8 Å². The van der Waals surface area contributed by atoms with Gasteiger partial charge in [-0.15, -0.1) is 0 Å². The number of rotatable bonds is 6. The number of benzene rings is 1. The van der Waals surface area contributed by atoms with Gasteiger partial charge >= 0.3 is 0 Å². The number of aliphatic hydroxyl groups excluding tert-OH is 1. The average Bonchev–Trinajstić information content (AvgIpc) is 2.28. The summed E-state index contributed by atoms with van der Waals surface area (Å²) in [4.78, 5) is 0. The smallest absolute Gasteiger partial charge is 0.119 e. The summed E-state index contributed by atoms with van der Waals surface area (Å²) >= 11 is 0. The summed E-state index contributed by atoms with van der Waals surface area (Å²) in [6.07, 6.45) is 1.71. The number of hydrogen-bond donors (Lipinski definition) is 2. The molecule has 0 amide bonds. The lowest BCUT2D eigenvalue weighted by Gasteiger charge is -2.09. The molecule has 0 spiro atoms. The van der Waals surface area contributed by atoms with Gasteiger partial charge in [0.2, 0.25) is 0 Å². The molecule has 1 rings (SSSR count). The van der Waals surface area contributed by atoms with Crippen LogP contribution in [0.4, 0.5) is 0 Å². The first-order chi connectivity index (χ1) is 7.26. The van der Waals surface area contributed by atoms with Crippen molar-refractivity contribution in [2.75, 3.05) is 13.2 Å². The molecule has 3 heteroatoms. The van der Waals surface area contributed by atoms with Crippen molar-refractivity contribution < 1.29 is 9.84 Å². The van der Waals surface area contributed by atoms with E-state index < -0.39 is 0 Å². The van der Waals surface area contributed by atoms with E-state index in [0.29, 0.717) is 6.42 Å². The molecule has 0 bridgehead atoms. The highest BCUT2D eigenvalue weighted by atomic mass is 16.5. The van der Waals surface area contributed by atoms with Crippen LogP contribution < -0.4 is 10.5 Å². The van der Waals surface area contributed by atoms with Gasteiger partial charge in [-0.3, -0.25) is 0 Å². The first-order valence-electron chi connectivity index (χ1n) is 5.34. The Kier molecular flexibility index (Phi) is 5.15. The van der Waals surface area contributed by atoms with Crippen LogP contribution >= 0.6 is 0 Å². The standard InChI is InChI=1S/C12H19NO2/c1-2-7-15-12-5-3-10(4-6-12)8-11(13)9-14/h3-6,11,14H,2,7-9,13H2,1H3. The normalized spacial score (nSPS) is 12.5. The molecular formula is C12H19NO2. The van der Waals surface area contributed by atoms with Crippen LogP contribution in [0.2, 0.25) is 0 Å². The fraction of sp³-hybridized carbons (Fsp3) is 0.500. The highest BCUT2D eigenvalue weighted by Crippen LogP contribution is 2.13. The van der Waals surface area contributed by atoms with Crippen LogP contribution in [0.3, 0.4) is 0 Å². The van der Waals surface area contributed by atoms with Gasteiger partial charge in [0.1, 0.15) is 5.75 Å². The second-order valence-corrected chi connectivity index (χ2v) is 3.64. The predicted octanol–water partition coefficient (Wildman–Crippen LogP) is 1.34. The van der Waals surface area contributed by atoms with E-state index in [4.69, 9.17) is 15.6 Å². The highest BCUT2D eigenvalue weighted by molar-refractivity contribution is 5.27. The molecule has 0 saturated carbocycles. The Morgan fingerprint density at radius 1 is 1.33 bits per heavy atom. The van der Waals surface area contributed by atoms with E-state index in [-0.39, 0.29) is 12.6 Å². The Labute approximate surface area is 90.9 Å². The van der Waals surface area contributed by atoms with E-state index in [1.165, 1.54) is 0 Å². The van der Waals surface area contributed by atoms with Crippen LogP contribution in [0.25, 0.3) is 0 Å². The molecule has 1 aromatic rings. The summed E-state index contributed by atoms with van der Waals surface area (Å²) in [7, 11) is 0. The second kappa shape index (κ2) is 6.43. The minimum absolute atomic E-state index is 0.0219. The number of ether oxygens (including phenoxy) is 1. The molecule has 1 aromatic carbocycles. The van der Waals surface area contributed by atoms with Crippen molar-refractivity contribution in [3.63, 3.8) is 0 Å². The first kappa shape index (κ1) is 12.0. The van der Waals surface area contributed by atoms with Gasteiger partial charge in [0, 0.05) is 6.04 Å². The van der Waals surface area contributed by atoms with E-state index in [1.807, 2.05) is 24.3 Å². The van der Waals surface area contributed by atoms with Crippen LogP contribution in [-0.4, -0.2) is 24.4 Å². The van der Waals surface area contributed by atoms with Crippen molar-refractivity contribution in [2.24, 2.45) is 5.73 Å².